The van der Waals surface area contributed by atoms with Crippen LogP contribution in [0.2, 0.25) is 0 Å². The van der Waals surface area contributed by atoms with Crippen molar-refractivity contribution in [2.75, 3.05) is 45.3 Å². The van der Waals surface area contributed by atoms with E-state index in [4.69, 9.17) is 14.5 Å². The normalized spacial score (nSPS) is 12.7. The molecule has 0 fully saturated rings. The summed E-state index contributed by atoms with van der Waals surface area (Å²) in [5.74, 6) is 1.21. The van der Waals surface area contributed by atoms with Crippen molar-refractivity contribution in [1.29, 1.82) is 0 Å². The Kier molecular flexibility index (Phi) is 7.18. The summed E-state index contributed by atoms with van der Waals surface area (Å²) >= 11 is 1.56. The molecular formula is C22H26ClN3O3S. The van der Waals surface area contributed by atoms with Gasteiger partial charge in [0.1, 0.15) is 13.2 Å². The molecule has 0 saturated carbocycles. The van der Waals surface area contributed by atoms with Crippen LogP contribution in [-0.2, 0) is 6.42 Å². The number of nitrogens with zero attached hydrogens (tertiary/aromatic N) is 3. The summed E-state index contributed by atoms with van der Waals surface area (Å²) < 4.78 is 12.3. The van der Waals surface area contributed by atoms with Crippen molar-refractivity contribution in [3.05, 3.63) is 47.5 Å². The monoisotopic (exact) mass is 447 g/mol. The second-order valence-electron chi connectivity index (χ2n) is 7.27. The van der Waals surface area contributed by atoms with Crippen LogP contribution in [0.3, 0.4) is 0 Å². The van der Waals surface area contributed by atoms with Gasteiger partial charge in [0.15, 0.2) is 16.6 Å². The number of thiazole rings is 1. The van der Waals surface area contributed by atoms with Gasteiger partial charge < -0.3 is 14.4 Å². The second-order valence-corrected chi connectivity index (χ2v) is 8.28. The average Bonchev–Trinajstić information content (AvgIpc) is 3.15. The van der Waals surface area contributed by atoms with Gasteiger partial charge in [-0.2, -0.15) is 0 Å². The minimum atomic E-state index is -0.0846. The van der Waals surface area contributed by atoms with Gasteiger partial charge in [-0.15, -0.1) is 12.4 Å². The van der Waals surface area contributed by atoms with E-state index in [0.29, 0.717) is 36.8 Å². The van der Waals surface area contributed by atoms with Crippen LogP contribution in [0.5, 0.6) is 11.5 Å². The fraction of sp³-hybridized carbons (Fsp3) is 0.364. The van der Waals surface area contributed by atoms with E-state index in [9.17, 15) is 4.79 Å². The summed E-state index contributed by atoms with van der Waals surface area (Å²) in [6.07, 6.45) is 0.976. The number of hydrogen-bond donors (Lipinski definition) is 0. The molecule has 0 aliphatic carbocycles. The molecule has 1 aliphatic rings. The van der Waals surface area contributed by atoms with Gasteiger partial charge in [0.2, 0.25) is 0 Å². The SMILES string of the molecule is CCc1ccc2nc(N(CCN(C)C)C(=O)c3ccc4c(c3)OCCO4)sc2c1.Cl. The number of ether oxygens (including phenoxy) is 2. The first-order chi connectivity index (χ1) is 14.0. The maximum Gasteiger partial charge on any atom is 0.260 e. The lowest BCUT2D eigenvalue weighted by atomic mass is 10.1. The highest BCUT2D eigenvalue weighted by atomic mass is 35.5. The van der Waals surface area contributed by atoms with Gasteiger partial charge in [0.25, 0.3) is 5.91 Å². The zero-order chi connectivity index (χ0) is 20.4. The Morgan fingerprint density at radius 1 is 1.07 bits per heavy atom. The number of anilines is 1. The number of hydrogen-bond acceptors (Lipinski definition) is 6. The molecule has 0 atom stereocenters. The Morgan fingerprint density at radius 2 is 1.83 bits per heavy atom. The molecule has 160 valence electrons. The molecule has 2 aromatic carbocycles. The number of carbonyl (C=O) groups is 1. The first kappa shape index (κ1) is 22.3. The average molecular weight is 448 g/mol. The number of likely N-dealkylation sites (N-methyl/N-ethyl adjacent to an activating group) is 1. The summed E-state index contributed by atoms with van der Waals surface area (Å²) in [7, 11) is 4.00. The smallest absolute Gasteiger partial charge is 0.260 e. The molecule has 0 bridgehead atoms. The highest BCUT2D eigenvalue weighted by molar-refractivity contribution is 7.22. The molecule has 0 radical (unpaired) electrons. The molecule has 0 unspecified atom stereocenters. The first-order valence-corrected chi connectivity index (χ1v) is 10.6. The number of rotatable bonds is 6. The van der Waals surface area contributed by atoms with E-state index in [0.717, 1.165) is 28.3 Å². The molecular weight excluding hydrogens is 422 g/mol. The van der Waals surface area contributed by atoms with Gasteiger partial charge in [-0.05, 0) is 56.4 Å². The Labute approximate surface area is 186 Å². The summed E-state index contributed by atoms with van der Waals surface area (Å²) in [4.78, 5) is 22.0. The predicted octanol–water partition coefficient (Wildman–Crippen LogP) is 4.26. The second kappa shape index (κ2) is 9.64. The van der Waals surface area contributed by atoms with Gasteiger partial charge in [-0.1, -0.05) is 24.3 Å². The topological polar surface area (TPSA) is 54.9 Å². The number of carbonyl (C=O) groups excluding carboxylic acids is 1. The predicted molar refractivity (Wildman–Crippen MR) is 124 cm³/mol. The minimum absolute atomic E-state index is 0. The molecule has 1 amide bonds. The first-order valence-electron chi connectivity index (χ1n) is 9.81. The van der Waals surface area contributed by atoms with E-state index < -0.39 is 0 Å². The number of benzene rings is 2. The highest BCUT2D eigenvalue weighted by Crippen LogP contribution is 2.33. The zero-order valence-corrected chi connectivity index (χ0v) is 19.0. The molecule has 0 saturated heterocycles. The number of halogens is 1. The maximum absolute atomic E-state index is 13.4. The van der Waals surface area contributed by atoms with Crippen LogP contribution in [0, 0.1) is 0 Å². The van der Waals surface area contributed by atoms with Crippen molar-refractivity contribution >= 4 is 45.0 Å². The van der Waals surface area contributed by atoms with Crippen LogP contribution >= 0.6 is 23.7 Å². The van der Waals surface area contributed by atoms with Gasteiger partial charge in [0.05, 0.1) is 10.2 Å². The van der Waals surface area contributed by atoms with Crippen molar-refractivity contribution in [2.45, 2.75) is 13.3 Å². The molecule has 3 aromatic rings. The Hall–Kier alpha value is -2.35. The lowest BCUT2D eigenvalue weighted by Crippen LogP contribution is -2.36. The lowest BCUT2D eigenvalue weighted by Gasteiger charge is -2.23. The third-order valence-corrected chi connectivity index (χ3v) is 5.93. The van der Waals surface area contributed by atoms with E-state index in [1.807, 2.05) is 20.2 Å². The summed E-state index contributed by atoms with van der Waals surface area (Å²) in [6.45, 7) is 4.46. The number of aromatic nitrogens is 1. The van der Waals surface area contributed by atoms with Gasteiger partial charge >= 0.3 is 0 Å². The molecule has 6 nitrogen and oxygen atoms in total. The molecule has 4 rings (SSSR count). The largest absolute Gasteiger partial charge is 0.486 e. The van der Waals surface area contributed by atoms with Crippen molar-refractivity contribution in [3.63, 3.8) is 0 Å². The molecule has 1 aliphatic heterocycles. The number of aryl methyl sites for hydroxylation is 1. The maximum atomic E-state index is 13.4. The van der Waals surface area contributed by atoms with Gasteiger partial charge in [-0.3, -0.25) is 9.69 Å². The van der Waals surface area contributed by atoms with Gasteiger partial charge in [-0.25, -0.2) is 4.98 Å². The van der Waals surface area contributed by atoms with E-state index in [2.05, 4.69) is 24.0 Å². The highest BCUT2D eigenvalue weighted by Gasteiger charge is 2.23. The van der Waals surface area contributed by atoms with Crippen LogP contribution in [0.25, 0.3) is 10.2 Å². The molecule has 8 heteroatoms. The summed E-state index contributed by atoms with van der Waals surface area (Å²) in [5, 5.41) is 0.718. The molecule has 30 heavy (non-hydrogen) atoms. The summed E-state index contributed by atoms with van der Waals surface area (Å²) in [6, 6.07) is 11.7. The fourth-order valence-electron chi connectivity index (χ4n) is 3.21. The van der Waals surface area contributed by atoms with E-state index >= 15 is 0 Å². The standard InChI is InChI=1S/C22H25N3O3S.ClH/c1-4-15-5-7-17-20(13-15)29-22(23-17)25(10-9-24(2)3)21(26)16-6-8-18-19(14-16)28-12-11-27-18;/h5-8,13-14H,4,9-12H2,1-3H3;1H. The third kappa shape index (κ3) is 4.69. The Bertz CT molecular complexity index is 1040. The zero-order valence-electron chi connectivity index (χ0n) is 17.4. The molecule has 1 aromatic heterocycles. The number of fused-ring (bicyclic) bond motifs is 2. The van der Waals surface area contributed by atoms with Crippen LogP contribution < -0.4 is 14.4 Å². The summed E-state index contributed by atoms with van der Waals surface area (Å²) in [5.41, 5.74) is 2.76. The van der Waals surface area contributed by atoms with E-state index in [1.165, 1.54) is 5.56 Å². The van der Waals surface area contributed by atoms with Crippen LogP contribution in [-0.4, -0.2) is 56.2 Å². The van der Waals surface area contributed by atoms with Crippen LogP contribution in [0.1, 0.15) is 22.8 Å². The Balaban J connectivity index is 0.00000256. The van der Waals surface area contributed by atoms with Crippen LogP contribution in [0.15, 0.2) is 36.4 Å². The van der Waals surface area contributed by atoms with Crippen LogP contribution in [0.4, 0.5) is 5.13 Å². The van der Waals surface area contributed by atoms with E-state index in [1.54, 1.807) is 34.4 Å². The Morgan fingerprint density at radius 3 is 2.57 bits per heavy atom. The number of amides is 1. The lowest BCUT2D eigenvalue weighted by molar-refractivity contribution is 0.0984. The molecule has 2 heterocycles. The van der Waals surface area contributed by atoms with E-state index in [-0.39, 0.29) is 18.3 Å². The fourth-order valence-corrected chi connectivity index (χ4v) is 4.26. The quantitative estimate of drug-likeness (QED) is 0.565. The molecule has 0 spiro atoms. The van der Waals surface area contributed by atoms with Crippen molar-refractivity contribution in [2.24, 2.45) is 0 Å². The molecule has 0 N–H and O–H groups in total. The third-order valence-electron chi connectivity index (χ3n) is 4.89. The van der Waals surface area contributed by atoms with Crippen molar-refractivity contribution < 1.29 is 14.3 Å². The van der Waals surface area contributed by atoms with Crippen molar-refractivity contribution in [1.82, 2.24) is 9.88 Å². The van der Waals surface area contributed by atoms with Crippen molar-refractivity contribution in [3.8, 4) is 11.5 Å². The minimum Gasteiger partial charge on any atom is -0.486 e. The van der Waals surface area contributed by atoms with Gasteiger partial charge in [0, 0.05) is 18.7 Å².